The van der Waals surface area contributed by atoms with E-state index in [1.807, 2.05) is 0 Å². The quantitative estimate of drug-likeness (QED) is 0.752. The standard InChI is InChI=1S/C20H33N3O4/c1-24-15-8-20(6-9-23(10-7-20)17-4-13-26-14-5-17)19-21-18(27-22-19)16-2-11-25-12-3-16/h16-17H,2-15H2,1H3. The van der Waals surface area contributed by atoms with E-state index < -0.39 is 0 Å². The molecule has 0 N–H and O–H groups in total. The predicted molar refractivity (Wildman–Crippen MR) is 99.9 cm³/mol. The highest BCUT2D eigenvalue weighted by atomic mass is 16.5. The molecule has 3 fully saturated rings. The fourth-order valence-electron chi connectivity index (χ4n) is 4.81. The maximum atomic E-state index is 5.72. The van der Waals surface area contributed by atoms with Crippen LogP contribution in [0.5, 0.6) is 0 Å². The minimum atomic E-state index is -0.0232. The van der Waals surface area contributed by atoms with Gasteiger partial charge in [-0.15, -0.1) is 0 Å². The zero-order chi connectivity index (χ0) is 18.5. The topological polar surface area (TPSA) is 69.9 Å². The van der Waals surface area contributed by atoms with Crippen LogP contribution in [-0.2, 0) is 19.6 Å². The molecule has 3 aliphatic rings. The second kappa shape index (κ2) is 8.99. The lowest BCUT2D eigenvalue weighted by atomic mass is 9.74. The number of rotatable bonds is 6. The van der Waals surface area contributed by atoms with Crippen LogP contribution in [0.25, 0.3) is 0 Å². The molecule has 27 heavy (non-hydrogen) atoms. The van der Waals surface area contributed by atoms with E-state index in [2.05, 4.69) is 10.1 Å². The molecule has 0 aliphatic carbocycles. The van der Waals surface area contributed by atoms with Gasteiger partial charge in [0.05, 0.1) is 0 Å². The van der Waals surface area contributed by atoms with Crippen molar-refractivity contribution in [2.24, 2.45) is 0 Å². The number of hydrogen-bond donors (Lipinski definition) is 0. The molecule has 0 aromatic carbocycles. The van der Waals surface area contributed by atoms with Crippen molar-refractivity contribution in [3.63, 3.8) is 0 Å². The van der Waals surface area contributed by atoms with Crippen molar-refractivity contribution in [1.29, 1.82) is 0 Å². The van der Waals surface area contributed by atoms with Crippen LogP contribution in [0.4, 0.5) is 0 Å². The maximum absolute atomic E-state index is 5.72. The van der Waals surface area contributed by atoms with Gasteiger partial charge in [0.25, 0.3) is 0 Å². The van der Waals surface area contributed by atoms with Crippen LogP contribution in [0.15, 0.2) is 4.52 Å². The molecular weight excluding hydrogens is 346 g/mol. The van der Waals surface area contributed by atoms with E-state index >= 15 is 0 Å². The molecule has 152 valence electrons. The summed E-state index contributed by atoms with van der Waals surface area (Å²) in [7, 11) is 1.77. The number of aromatic nitrogens is 2. The summed E-state index contributed by atoms with van der Waals surface area (Å²) in [5.41, 5.74) is -0.0232. The first-order valence-electron chi connectivity index (χ1n) is 10.5. The van der Waals surface area contributed by atoms with Gasteiger partial charge in [-0.3, -0.25) is 0 Å². The number of ether oxygens (including phenoxy) is 3. The fraction of sp³-hybridized carbons (Fsp3) is 0.900. The molecule has 0 spiro atoms. The smallest absolute Gasteiger partial charge is 0.229 e. The van der Waals surface area contributed by atoms with Gasteiger partial charge in [0.15, 0.2) is 5.82 Å². The van der Waals surface area contributed by atoms with Crippen molar-refractivity contribution < 1.29 is 18.7 Å². The van der Waals surface area contributed by atoms with E-state index in [-0.39, 0.29) is 5.41 Å². The molecule has 0 unspecified atom stereocenters. The Morgan fingerprint density at radius 1 is 1.04 bits per heavy atom. The normalized spacial score (nSPS) is 25.7. The van der Waals surface area contributed by atoms with Crippen LogP contribution in [-0.4, -0.2) is 74.3 Å². The molecule has 1 aromatic rings. The third kappa shape index (κ3) is 4.36. The van der Waals surface area contributed by atoms with Crippen LogP contribution in [0.2, 0.25) is 0 Å². The molecule has 1 aromatic heterocycles. The van der Waals surface area contributed by atoms with Crippen molar-refractivity contribution in [2.45, 2.75) is 62.3 Å². The third-order valence-electron chi connectivity index (χ3n) is 6.73. The summed E-state index contributed by atoms with van der Waals surface area (Å²) in [5, 5.41) is 4.46. The molecule has 0 atom stereocenters. The summed E-state index contributed by atoms with van der Waals surface area (Å²) in [6.07, 6.45) is 7.36. The molecule has 3 aliphatic heterocycles. The van der Waals surface area contributed by atoms with Crippen LogP contribution in [0, 0.1) is 0 Å². The summed E-state index contributed by atoms with van der Waals surface area (Å²) in [6.45, 7) is 6.29. The van der Waals surface area contributed by atoms with Crippen LogP contribution < -0.4 is 0 Å². The molecule has 0 amide bonds. The Kier molecular flexibility index (Phi) is 6.42. The van der Waals surface area contributed by atoms with Gasteiger partial charge in [-0.1, -0.05) is 5.16 Å². The highest BCUT2D eigenvalue weighted by molar-refractivity contribution is 5.11. The minimum absolute atomic E-state index is 0.0232. The summed E-state index contributed by atoms with van der Waals surface area (Å²) < 4.78 is 22.1. The van der Waals surface area contributed by atoms with Crippen molar-refractivity contribution in [3.05, 3.63) is 11.7 Å². The molecule has 0 radical (unpaired) electrons. The van der Waals surface area contributed by atoms with Crippen LogP contribution in [0.3, 0.4) is 0 Å². The summed E-state index contributed by atoms with van der Waals surface area (Å²) in [6, 6.07) is 0.669. The summed E-state index contributed by atoms with van der Waals surface area (Å²) in [4.78, 5) is 7.54. The van der Waals surface area contributed by atoms with Crippen molar-refractivity contribution in [3.8, 4) is 0 Å². The zero-order valence-corrected chi connectivity index (χ0v) is 16.5. The van der Waals surface area contributed by atoms with E-state index in [0.29, 0.717) is 12.0 Å². The minimum Gasteiger partial charge on any atom is -0.385 e. The number of piperidine rings is 1. The van der Waals surface area contributed by atoms with E-state index in [1.54, 1.807) is 7.11 Å². The first-order chi connectivity index (χ1) is 13.3. The maximum Gasteiger partial charge on any atom is 0.229 e. The Morgan fingerprint density at radius 3 is 2.37 bits per heavy atom. The monoisotopic (exact) mass is 379 g/mol. The van der Waals surface area contributed by atoms with E-state index in [9.17, 15) is 0 Å². The number of methoxy groups -OCH3 is 1. The molecule has 0 bridgehead atoms. The first-order valence-corrected chi connectivity index (χ1v) is 10.5. The number of nitrogens with zero attached hydrogens (tertiary/aromatic N) is 3. The second-order valence-electron chi connectivity index (χ2n) is 8.25. The van der Waals surface area contributed by atoms with E-state index in [0.717, 1.165) is 103 Å². The number of hydrogen-bond acceptors (Lipinski definition) is 7. The third-order valence-corrected chi connectivity index (χ3v) is 6.73. The Balaban J connectivity index is 1.45. The largest absolute Gasteiger partial charge is 0.385 e. The molecule has 4 heterocycles. The number of likely N-dealkylation sites (tertiary alicyclic amines) is 1. The molecule has 3 saturated heterocycles. The molecular formula is C20H33N3O4. The zero-order valence-electron chi connectivity index (χ0n) is 16.5. The predicted octanol–water partition coefficient (Wildman–Crippen LogP) is 2.51. The van der Waals surface area contributed by atoms with Gasteiger partial charge in [0.1, 0.15) is 0 Å². The molecule has 0 saturated carbocycles. The Labute approximate surface area is 161 Å². The summed E-state index contributed by atoms with van der Waals surface area (Å²) >= 11 is 0. The van der Waals surface area contributed by atoms with Crippen molar-refractivity contribution in [2.75, 3.05) is 53.2 Å². The average molecular weight is 380 g/mol. The Bertz CT molecular complexity index is 574. The lowest BCUT2D eigenvalue weighted by Gasteiger charge is -2.44. The second-order valence-corrected chi connectivity index (χ2v) is 8.25. The summed E-state index contributed by atoms with van der Waals surface area (Å²) in [5.74, 6) is 2.05. The van der Waals surface area contributed by atoms with Gasteiger partial charge < -0.3 is 23.6 Å². The van der Waals surface area contributed by atoms with Crippen LogP contribution >= 0.6 is 0 Å². The lowest BCUT2D eigenvalue weighted by Crippen LogP contribution is -2.49. The molecule has 7 nitrogen and oxygen atoms in total. The molecule has 7 heteroatoms. The van der Waals surface area contributed by atoms with Crippen LogP contribution in [0.1, 0.15) is 62.6 Å². The van der Waals surface area contributed by atoms with Gasteiger partial charge >= 0.3 is 0 Å². The lowest BCUT2D eigenvalue weighted by molar-refractivity contribution is 0.0121. The van der Waals surface area contributed by atoms with E-state index in [1.165, 1.54) is 0 Å². The van der Waals surface area contributed by atoms with Gasteiger partial charge in [-0.25, -0.2) is 0 Å². The van der Waals surface area contributed by atoms with E-state index in [4.69, 9.17) is 23.7 Å². The fourth-order valence-corrected chi connectivity index (χ4v) is 4.81. The Morgan fingerprint density at radius 2 is 1.70 bits per heavy atom. The SMILES string of the molecule is COCCC1(c2noc(C3CCOCC3)n2)CCN(C2CCOCC2)CC1. The Hall–Kier alpha value is -1.02. The first kappa shape index (κ1) is 19.3. The van der Waals surface area contributed by atoms with Gasteiger partial charge in [0, 0.05) is 57.5 Å². The highest BCUT2D eigenvalue weighted by Crippen LogP contribution is 2.39. The van der Waals surface area contributed by atoms with Gasteiger partial charge in [-0.05, 0) is 58.0 Å². The van der Waals surface area contributed by atoms with Gasteiger partial charge in [0.2, 0.25) is 5.89 Å². The highest BCUT2D eigenvalue weighted by Gasteiger charge is 2.42. The molecule has 4 rings (SSSR count). The average Bonchev–Trinajstić information content (AvgIpc) is 3.25. The van der Waals surface area contributed by atoms with Gasteiger partial charge in [-0.2, -0.15) is 4.98 Å². The van der Waals surface area contributed by atoms with Crippen molar-refractivity contribution in [1.82, 2.24) is 15.0 Å². The van der Waals surface area contributed by atoms with Crippen molar-refractivity contribution >= 4 is 0 Å².